The van der Waals surface area contributed by atoms with E-state index in [1.54, 1.807) is 0 Å². The lowest BCUT2D eigenvalue weighted by Crippen LogP contribution is -2.22. The normalized spacial score (nSPS) is 13.3. The van der Waals surface area contributed by atoms with Gasteiger partial charge in [0, 0.05) is 16.7 Å². The summed E-state index contributed by atoms with van der Waals surface area (Å²) in [4.78, 5) is 0. The van der Waals surface area contributed by atoms with E-state index in [1.165, 1.54) is 134 Å². The molecule has 4 heteroatoms. The molecule has 0 saturated heterocycles. The second-order valence-electron chi connectivity index (χ2n) is 48.2. The minimum absolute atomic E-state index is 0.0623. The van der Waals surface area contributed by atoms with Crippen molar-refractivity contribution in [3.05, 3.63) is 229 Å². The molecule has 0 aliphatic rings. The summed E-state index contributed by atoms with van der Waals surface area (Å²) in [5.41, 5.74) is 32.8. The molecule has 0 saturated carbocycles. The summed E-state index contributed by atoms with van der Waals surface area (Å²) in [5, 5.41) is 0. The quantitative estimate of drug-likeness (QED) is 0.0281. The van der Waals surface area contributed by atoms with E-state index in [4.69, 9.17) is 13.6 Å². The summed E-state index contributed by atoms with van der Waals surface area (Å²) in [5.74, 6) is 2.26. The van der Waals surface area contributed by atoms with Crippen molar-refractivity contribution >= 4 is 8.60 Å². The van der Waals surface area contributed by atoms with Gasteiger partial charge in [-0.05, 0) is 332 Å². The molecule has 0 heterocycles. The number of aryl methyl sites for hydroxylation is 3. The maximum Gasteiger partial charge on any atom is 0.530 e. The third kappa shape index (κ3) is 23.9. The SMILES string of the molecule is CCCCCc1ccc(OP(Oc2ccc(CCCCC)c(-c3ccc(C(C)(C)CC)cc3C(C)(C)CC)c2-c2ccc(C(C)(C)CC)cc2C(C)(C)CC)Oc2ccc(CCCCC)c(-c3ccc(C(C)(C)CC)cc3C(C)(C)CC)c2-c2ccc(C(C)(C)CC)cc2C(C)(C)CC)c(-c2ccc(C(C)(C)CC)cc2C(C)(C)CC)c1-c1ccc(C(C)(C)CC)cc1C(C)(C)CC. The van der Waals surface area contributed by atoms with Gasteiger partial charge in [0.1, 0.15) is 17.2 Å². The molecule has 0 unspecified atom stereocenters. The zero-order chi connectivity index (χ0) is 99.0. The first-order valence-electron chi connectivity index (χ1n) is 53.5. The molecule has 3 nitrogen and oxygen atoms in total. The van der Waals surface area contributed by atoms with Crippen LogP contribution in [0.25, 0.3) is 66.8 Å². The van der Waals surface area contributed by atoms with Crippen LogP contribution < -0.4 is 13.6 Å². The third-order valence-electron chi connectivity index (χ3n) is 34.8. The molecule has 0 aliphatic heterocycles. The second kappa shape index (κ2) is 43.9. The molecule has 0 amide bonds. The van der Waals surface area contributed by atoms with Crippen LogP contribution in [0.1, 0.15) is 488 Å². The number of unbranched alkanes of at least 4 members (excludes halogenated alkanes) is 6. The minimum Gasteiger partial charge on any atom is -0.408 e. The average molecular weight is 1820 g/mol. The Hall–Kier alpha value is -7.19. The highest BCUT2D eigenvalue weighted by atomic mass is 31.2. The molecule has 9 aromatic carbocycles. The van der Waals surface area contributed by atoms with Crippen molar-refractivity contribution in [1.82, 2.24) is 0 Å². The van der Waals surface area contributed by atoms with Crippen molar-refractivity contribution in [2.75, 3.05) is 0 Å². The van der Waals surface area contributed by atoms with E-state index in [0.29, 0.717) is 0 Å². The molecule has 0 atom stereocenters. The van der Waals surface area contributed by atoms with Crippen LogP contribution in [-0.4, -0.2) is 0 Å². The zero-order valence-electron chi connectivity index (χ0n) is 92.5. The highest BCUT2D eigenvalue weighted by molar-refractivity contribution is 7.43. The van der Waals surface area contributed by atoms with Crippen molar-refractivity contribution in [3.8, 4) is 84.0 Å². The van der Waals surface area contributed by atoms with Crippen LogP contribution in [0.3, 0.4) is 0 Å². The van der Waals surface area contributed by atoms with Gasteiger partial charge in [-0.25, -0.2) is 0 Å². The van der Waals surface area contributed by atoms with Crippen LogP contribution in [0.2, 0.25) is 0 Å². The number of rotatable bonds is 48. The van der Waals surface area contributed by atoms with Crippen LogP contribution in [0, 0.1) is 0 Å². The van der Waals surface area contributed by atoms with Crippen molar-refractivity contribution in [2.45, 2.75) is 489 Å². The Morgan fingerprint density at radius 1 is 0.180 bits per heavy atom. The first kappa shape index (κ1) is 109. The Morgan fingerprint density at radius 3 is 0.489 bits per heavy atom. The van der Waals surface area contributed by atoms with Gasteiger partial charge in [-0.1, -0.05) is 436 Å². The van der Waals surface area contributed by atoms with Gasteiger partial charge < -0.3 is 13.6 Å². The fraction of sp³-hybridized carbons (Fsp3) is 0.581. The molecular formula is C129H189O3P. The van der Waals surface area contributed by atoms with Gasteiger partial charge in [0.25, 0.3) is 0 Å². The van der Waals surface area contributed by atoms with Crippen LogP contribution >= 0.6 is 8.60 Å². The Kier molecular flexibility index (Phi) is 36.1. The van der Waals surface area contributed by atoms with E-state index >= 15 is 0 Å². The van der Waals surface area contributed by atoms with Crippen LogP contribution in [0.4, 0.5) is 0 Å². The lowest BCUT2D eigenvalue weighted by Gasteiger charge is -2.35. The molecule has 0 radical (unpaired) electrons. The Labute approximate surface area is 818 Å². The van der Waals surface area contributed by atoms with Gasteiger partial charge in [0.05, 0.1) is 0 Å². The first-order chi connectivity index (χ1) is 62.2. The summed E-state index contributed by atoms with van der Waals surface area (Å²) < 4.78 is 26.5. The fourth-order valence-corrected chi connectivity index (χ4v) is 20.3. The van der Waals surface area contributed by atoms with Crippen LogP contribution in [-0.2, 0) is 84.2 Å². The molecule has 133 heavy (non-hydrogen) atoms. The standard InChI is InChI=1S/C129H189O3P/c1-40-55-58-61-88-64-79-109(115(100-76-70-94(121(22,23)46-7)85-106(100)127(34,35)52-13)112(88)97-73-67-91(118(16,17)43-4)82-103(97)124(28,29)49-10)130-133(131-110-80-65-89(62-59-56-41-2)113(98-74-68-92(119(18,19)44-5)83-104(98)125(30,31)50-11)116(110)101-77-71-95(122(24,25)47-8)86-107(101)128(36,37)53-14)132-111-81-66-90(63-60-57-42-3)114(99-75-69-93(120(20,21)45-6)84-105(99)126(32,33)51-12)117(111)102-78-72-96(123(26,27)48-9)87-108(102)129(38,39)54-15/h64-87H,40-63H2,1-39H3. The molecular weight excluding hydrogens is 1630 g/mol. The van der Waals surface area contributed by atoms with E-state index in [2.05, 4.69) is 416 Å². The largest absolute Gasteiger partial charge is 0.530 e. The predicted octanol–water partition coefficient (Wildman–Crippen LogP) is 40.9. The molecule has 9 rings (SSSR count). The zero-order valence-corrected chi connectivity index (χ0v) is 93.4. The van der Waals surface area contributed by atoms with Crippen molar-refractivity contribution < 1.29 is 13.6 Å². The monoisotopic (exact) mass is 1820 g/mol. The third-order valence-corrected chi connectivity index (χ3v) is 35.9. The molecule has 0 fully saturated rings. The van der Waals surface area contributed by atoms with Gasteiger partial charge in [0.2, 0.25) is 0 Å². The lowest BCUT2D eigenvalue weighted by atomic mass is 9.70. The van der Waals surface area contributed by atoms with E-state index in [9.17, 15) is 0 Å². The van der Waals surface area contributed by atoms with Gasteiger partial charge >= 0.3 is 8.60 Å². The summed E-state index contributed by atoms with van der Waals surface area (Å²) in [6.45, 7) is 94.8. The van der Waals surface area contributed by atoms with Crippen molar-refractivity contribution in [3.63, 3.8) is 0 Å². The smallest absolute Gasteiger partial charge is 0.408 e. The molecule has 0 spiro atoms. The van der Waals surface area contributed by atoms with Gasteiger partial charge in [0.15, 0.2) is 0 Å². The van der Waals surface area contributed by atoms with Gasteiger partial charge in [-0.3, -0.25) is 0 Å². The van der Waals surface area contributed by atoms with E-state index in [1.807, 2.05) is 0 Å². The Morgan fingerprint density at radius 2 is 0.338 bits per heavy atom. The highest BCUT2D eigenvalue weighted by Gasteiger charge is 2.41. The summed E-state index contributed by atoms with van der Waals surface area (Å²) in [6.07, 6.45) is 24.3. The predicted molar refractivity (Wildman–Crippen MR) is 590 cm³/mol. The van der Waals surface area contributed by atoms with E-state index < -0.39 is 8.60 Å². The second-order valence-corrected chi connectivity index (χ2v) is 49.2. The average Bonchev–Trinajstić information content (AvgIpc) is 0.737. The maximum atomic E-state index is 8.85. The summed E-state index contributed by atoms with van der Waals surface area (Å²) in [6, 6.07) is 60.4. The maximum absolute atomic E-state index is 8.85. The van der Waals surface area contributed by atoms with E-state index in [0.717, 1.165) is 188 Å². The topological polar surface area (TPSA) is 27.7 Å². The number of benzene rings is 9. The van der Waals surface area contributed by atoms with E-state index in [-0.39, 0.29) is 65.0 Å². The Bertz CT molecular complexity index is 4880. The summed E-state index contributed by atoms with van der Waals surface area (Å²) in [7, 11) is -2.60. The first-order valence-corrected chi connectivity index (χ1v) is 54.6. The lowest BCUT2D eigenvalue weighted by molar-refractivity contribution is 0.389. The Balaban J connectivity index is 1.67. The van der Waals surface area contributed by atoms with Crippen molar-refractivity contribution in [2.24, 2.45) is 0 Å². The fourth-order valence-electron chi connectivity index (χ4n) is 19.3. The molecule has 728 valence electrons. The molecule has 0 aromatic heterocycles. The number of hydrogen-bond donors (Lipinski definition) is 0. The molecule has 0 bridgehead atoms. The van der Waals surface area contributed by atoms with Crippen LogP contribution in [0.15, 0.2) is 146 Å². The highest BCUT2D eigenvalue weighted by Crippen LogP contribution is 2.61. The number of hydrogen-bond acceptors (Lipinski definition) is 3. The van der Waals surface area contributed by atoms with Gasteiger partial charge in [-0.15, -0.1) is 0 Å². The molecule has 9 aromatic rings. The minimum atomic E-state index is -2.60. The van der Waals surface area contributed by atoms with Crippen LogP contribution in [0.5, 0.6) is 17.2 Å². The molecule has 0 aliphatic carbocycles. The van der Waals surface area contributed by atoms with Gasteiger partial charge in [-0.2, -0.15) is 0 Å². The molecule has 0 N–H and O–H groups in total. The van der Waals surface area contributed by atoms with Crippen molar-refractivity contribution in [1.29, 1.82) is 0 Å². The summed E-state index contributed by atoms with van der Waals surface area (Å²) >= 11 is 0.